The van der Waals surface area contributed by atoms with Crippen LogP contribution in [0, 0.1) is 0 Å². The van der Waals surface area contributed by atoms with Crippen LogP contribution in [-0.4, -0.2) is 17.5 Å². The van der Waals surface area contributed by atoms with Gasteiger partial charge < -0.3 is 9.21 Å². The lowest BCUT2D eigenvalue weighted by Crippen LogP contribution is -2.21. The minimum absolute atomic E-state index is 0.671. The van der Waals surface area contributed by atoms with Crippen LogP contribution < -0.4 is 0 Å². The third-order valence-corrected chi connectivity index (χ3v) is 1.98. The van der Waals surface area contributed by atoms with Crippen molar-refractivity contribution in [2.75, 3.05) is 0 Å². The van der Waals surface area contributed by atoms with Crippen LogP contribution in [0.1, 0.15) is 13.8 Å². The molecular weight excluding hydrogens is 159 g/mol. The molecule has 0 rings (SSSR count). The maximum absolute atomic E-state index is 8.93. The van der Waals surface area contributed by atoms with Crippen LogP contribution in [0.5, 0.6) is 0 Å². The minimum Gasteiger partial charge on any atom is -0.423 e. The van der Waals surface area contributed by atoms with Gasteiger partial charge in [-0.2, -0.15) is 0 Å². The molecule has 0 bridgehead atoms. The van der Waals surface area contributed by atoms with Crippen molar-refractivity contribution >= 4 is 20.1 Å². The van der Waals surface area contributed by atoms with Gasteiger partial charge in [0.15, 0.2) is 4.93 Å². The molecule has 0 aromatic carbocycles. The SMILES string of the molecule is BOC(C=CC)(C=CC)SO. The van der Waals surface area contributed by atoms with Crippen molar-refractivity contribution in [2.45, 2.75) is 18.8 Å². The van der Waals surface area contributed by atoms with Gasteiger partial charge in [0, 0.05) is 12.0 Å². The molecule has 0 aliphatic carbocycles. The van der Waals surface area contributed by atoms with Gasteiger partial charge in [-0.1, -0.05) is 12.2 Å². The molecule has 0 spiro atoms. The fourth-order valence-corrected chi connectivity index (χ4v) is 1.22. The van der Waals surface area contributed by atoms with Gasteiger partial charge in [-0.25, -0.2) is 0 Å². The summed E-state index contributed by atoms with van der Waals surface area (Å²) in [6.45, 7) is 3.76. The Hall–Kier alpha value is -0.185. The van der Waals surface area contributed by atoms with Crippen molar-refractivity contribution in [3.63, 3.8) is 0 Å². The first-order valence-corrected chi connectivity index (χ1v) is 4.17. The summed E-state index contributed by atoms with van der Waals surface area (Å²) in [4.78, 5) is -0.705. The minimum atomic E-state index is -0.705. The summed E-state index contributed by atoms with van der Waals surface area (Å²) in [6.07, 6.45) is 7.26. The number of allylic oxidation sites excluding steroid dienone is 2. The Bertz CT molecular complexity index is 139. The first-order valence-electron chi connectivity index (χ1n) is 3.40. The summed E-state index contributed by atoms with van der Waals surface area (Å²) in [5.74, 6) is 0. The van der Waals surface area contributed by atoms with Crippen molar-refractivity contribution in [1.29, 1.82) is 0 Å². The molecule has 0 radical (unpaired) electrons. The highest BCUT2D eigenvalue weighted by Gasteiger charge is 2.21. The molecular formula is C7H13BO2S. The zero-order valence-corrected chi connectivity index (χ0v) is 7.89. The lowest BCUT2D eigenvalue weighted by Gasteiger charge is -2.21. The smallest absolute Gasteiger partial charge is 0.260 e. The fourth-order valence-electron chi connectivity index (χ4n) is 0.754. The van der Waals surface area contributed by atoms with Crippen LogP contribution in [0.25, 0.3) is 0 Å². The number of hydrogen-bond acceptors (Lipinski definition) is 3. The van der Waals surface area contributed by atoms with Gasteiger partial charge in [0.2, 0.25) is 0 Å². The maximum Gasteiger partial charge on any atom is 0.260 e. The van der Waals surface area contributed by atoms with E-state index in [4.69, 9.17) is 9.21 Å². The summed E-state index contributed by atoms with van der Waals surface area (Å²) >= 11 is 0.671. The van der Waals surface area contributed by atoms with Gasteiger partial charge in [0.1, 0.15) is 0 Å². The average molecular weight is 172 g/mol. The molecule has 0 aromatic rings. The first-order chi connectivity index (χ1) is 5.24. The van der Waals surface area contributed by atoms with E-state index in [9.17, 15) is 0 Å². The van der Waals surface area contributed by atoms with Gasteiger partial charge in [0.25, 0.3) is 8.05 Å². The van der Waals surface area contributed by atoms with Gasteiger partial charge in [-0.15, -0.1) is 0 Å². The molecule has 0 aromatic heterocycles. The predicted octanol–water partition coefficient (Wildman–Crippen LogP) is 1.61. The summed E-state index contributed by atoms with van der Waals surface area (Å²) < 4.78 is 14.0. The molecule has 0 aliphatic rings. The Labute approximate surface area is 73.0 Å². The van der Waals surface area contributed by atoms with Crippen LogP contribution in [0.2, 0.25) is 0 Å². The monoisotopic (exact) mass is 172 g/mol. The van der Waals surface area contributed by atoms with Crippen LogP contribution in [0.3, 0.4) is 0 Å². The van der Waals surface area contributed by atoms with Crippen LogP contribution in [0.4, 0.5) is 0 Å². The second kappa shape index (κ2) is 5.46. The van der Waals surface area contributed by atoms with Gasteiger partial charge >= 0.3 is 0 Å². The Balaban J connectivity index is 4.45. The van der Waals surface area contributed by atoms with Crippen molar-refractivity contribution < 1.29 is 9.21 Å². The zero-order chi connectivity index (χ0) is 8.74. The summed E-state index contributed by atoms with van der Waals surface area (Å²) in [5.41, 5.74) is 0. The van der Waals surface area contributed by atoms with E-state index in [-0.39, 0.29) is 0 Å². The molecule has 0 saturated heterocycles. The quantitative estimate of drug-likeness (QED) is 0.302. The molecule has 11 heavy (non-hydrogen) atoms. The number of rotatable bonds is 4. The molecule has 0 unspecified atom stereocenters. The van der Waals surface area contributed by atoms with Crippen molar-refractivity contribution in [3.05, 3.63) is 24.3 Å². The van der Waals surface area contributed by atoms with E-state index in [2.05, 4.69) is 0 Å². The molecule has 0 atom stereocenters. The Morgan fingerprint density at radius 3 is 2.00 bits per heavy atom. The van der Waals surface area contributed by atoms with Crippen molar-refractivity contribution in [3.8, 4) is 0 Å². The van der Waals surface area contributed by atoms with Crippen LogP contribution >= 0.6 is 12.0 Å². The van der Waals surface area contributed by atoms with E-state index < -0.39 is 4.93 Å². The zero-order valence-electron chi connectivity index (χ0n) is 7.07. The first kappa shape index (κ1) is 10.8. The molecule has 0 fully saturated rings. The summed E-state index contributed by atoms with van der Waals surface area (Å²) in [6, 6.07) is 0. The highest BCUT2D eigenvalue weighted by atomic mass is 32.2. The Kier molecular flexibility index (Phi) is 5.37. The van der Waals surface area contributed by atoms with E-state index in [0.717, 1.165) is 0 Å². The largest absolute Gasteiger partial charge is 0.423 e. The molecule has 0 aliphatic heterocycles. The lowest BCUT2D eigenvalue weighted by molar-refractivity contribution is 0.282. The summed E-state index contributed by atoms with van der Waals surface area (Å²) in [7, 11) is 1.56. The second-order valence-electron chi connectivity index (χ2n) is 2.02. The highest BCUT2D eigenvalue weighted by Crippen LogP contribution is 2.26. The molecule has 1 N–H and O–H groups in total. The second-order valence-corrected chi connectivity index (χ2v) is 2.84. The molecule has 0 amide bonds. The molecule has 62 valence electrons. The predicted molar refractivity (Wildman–Crippen MR) is 52.2 cm³/mol. The highest BCUT2D eigenvalue weighted by molar-refractivity contribution is 7.95. The van der Waals surface area contributed by atoms with Crippen molar-refractivity contribution in [2.24, 2.45) is 0 Å². The molecule has 4 heteroatoms. The van der Waals surface area contributed by atoms with Crippen molar-refractivity contribution in [1.82, 2.24) is 0 Å². The lowest BCUT2D eigenvalue weighted by atomic mass is 10.2. The molecule has 2 nitrogen and oxygen atoms in total. The standard InChI is InChI=1S/C7H13BO2S/c1-3-5-7(10-8,11-9)6-4-2/h3-6,9H,8H2,1-2H3. The Morgan fingerprint density at radius 1 is 1.36 bits per heavy atom. The van der Waals surface area contributed by atoms with Gasteiger partial charge in [-0.3, -0.25) is 0 Å². The van der Waals surface area contributed by atoms with Crippen LogP contribution in [-0.2, 0) is 4.65 Å². The van der Waals surface area contributed by atoms with E-state index in [1.54, 1.807) is 20.2 Å². The van der Waals surface area contributed by atoms with E-state index >= 15 is 0 Å². The molecule has 0 heterocycles. The fraction of sp³-hybridized carbons (Fsp3) is 0.429. The topological polar surface area (TPSA) is 29.5 Å². The van der Waals surface area contributed by atoms with Crippen LogP contribution in [0.15, 0.2) is 24.3 Å². The molecule has 0 saturated carbocycles. The average Bonchev–Trinajstić information content (AvgIpc) is 2.04. The van der Waals surface area contributed by atoms with E-state index in [1.807, 2.05) is 26.0 Å². The Morgan fingerprint density at radius 2 is 1.82 bits per heavy atom. The van der Waals surface area contributed by atoms with E-state index in [1.165, 1.54) is 0 Å². The third kappa shape index (κ3) is 3.14. The third-order valence-electron chi connectivity index (χ3n) is 1.26. The maximum atomic E-state index is 8.93. The summed E-state index contributed by atoms with van der Waals surface area (Å²) in [5, 5.41) is 0. The van der Waals surface area contributed by atoms with Gasteiger partial charge in [-0.05, 0) is 26.0 Å². The normalized spacial score (nSPS) is 17.7. The number of hydrogen-bond donors (Lipinski definition) is 1. The van der Waals surface area contributed by atoms with E-state index in [0.29, 0.717) is 12.0 Å². The van der Waals surface area contributed by atoms with Gasteiger partial charge in [0.05, 0.1) is 0 Å².